The topological polar surface area (TPSA) is 0 Å². The second-order valence-electron chi connectivity index (χ2n) is 6.03. The Hall–Kier alpha value is -1.56. The molecule has 0 saturated carbocycles. The van der Waals surface area contributed by atoms with Crippen LogP contribution in [-0.4, -0.2) is 0 Å². The quantitative estimate of drug-likeness (QED) is 0.530. The molecule has 2 aromatic carbocycles. The van der Waals surface area contributed by atoms with Crippen molar-refractivity contribution in [1.29, 1.82) is 0 Å². The third-order valence-corrected chi connectivity index (χ3v) is 4.76. The first kappa shape index (κ1) is 11.3. The van der Waals surface area contributed by atoms with Crippen molar-refractivity contribution in [3.63, 3.8) is 0 Å². The molecule has 0 heterocycles. The number of hydrogen-bond donors (Lipinski definition) is 0. The zero-order valence-electron chi connectivity index (χ0n) is 11.4. The Kier molecular flexibility index (Phi) is 2.69. The third kappa shape index (κ3) is 1.90. The smallest absolute Gasteiger partial charge is 0.00134 e. The molecule has 0 heteroatoms. The van der Waals surface area contributed by atoms with Crippen LogP contribution in [0.4, 0.5) is 0 Å². The van der Waals surface area contributed by atoms with Gasteiger partial charge in [-0.15, -0.1) is 0 Å². The Morgan fingerprint density at radius 1 is 0.579 bits per heavy atom. The average molecular weight is 248 g/mol. The number of hydrogen-bond acceptors (Lipinski definition) is 0. The van der Waals surface area contributed by atoms with Crippen LogP contribution in [0.1, 0.15) is 47.9 Å². The Bertz CT molecular complexity index is 622. The fourth-order valence-corrected chi connectivity index (χ4v) is 3.73. The summed E-state index contributed by atoms with van der Waals surface area (Å²) in [6, 6.07) is 13.9. The maximum Gasteiger partial charge on any atom is -0.00134 e. The van der Waals surface area contributed by atoms with Crippen LogP contribution in [0.2, 0.25) is 0 Å². The summed E-state index contributed by atoms with van der Waals surface area (Å²) in [4.78, 5) is 0. The van der Waals surface area contributed by atoms with Crippen molar-refractivity contribution >= 4 is 0 Å². The van der Waals surface area contributed by atoms with Gasteiger partial charge in [0.2, 0.25) is 0 Å². The minimum atomic E-state index is 1.14. The summed E-state index contributed by atoms with van der Waals surface area (Å²) in [7, 11) is 0. The van der Waals surface area contributed by atoms with Gasteiger partial charge in [-0.1, -0.05) is 49.2 Å². The van der Waals surface area contributed by atoms with Crippen LogP contribution < -0.4 is 0 Å². The van der Waals surface area contributed by atoms with Gasteiger partial charge >= 0.3 is 0 Å². The monoisotopic (exact) mass is 248 g/mol. The lowest BCUT2D eigenvalue weighted by Gasteiger charge is -2.16. The van der Waals surface area contributed by atoms with Gasteiger partial charge in [-0.25, -0.2) is 0 Å². The number of benzene rings is 2. The molecular formula is C19H20. The van der Waals surface area contributed by atoms with Crippen LogP contribution >= 0.6 is 0 Å². The van der Waals surface area contributed by atoms with E-state index in [-0.39, 0.29) is 0 Å². The average Bonchev–Trinajstić information content (AvgIpc) is 2.76. The highest BCUT2D eigenvalue weighted by molar-refractivity contribution is 5.77. The molecule has 2 aromatic rings. The first-order valence-electron chi connectivity index (χ1n) is 7.65. The molecule has 2 aliphatic rings. The van der Waals surface area contributed by atoms with Crippen molar-refractivity contribution in [1.82, 2.24) is 0 Å². The van der Waals surface area contributed by atoms with E-state index in [1.165, 1.54) is 55.2 Å². The molecule has 0 nitrogen and oxygen atoms in total. The molecular weight excluding hydrogens is 228 g/mol. The molecule has 0 saturated heterocycles. The van der Waals surface area contributed by atoms with Gasteiger partial charge in [-0.3, -0.25) is 0 Å². The summed E-state index contributed by atoms with van der Waals surface area (Å²) in [5, 5.41) is 0. The predicted molar refractivity (Wildman–Crippen MR) is 80.6 cm³/mol. The molecule has 4 rings (SSSR count). The number of aryl methyl sites for hydroxylation is 2. The van der Waals surface area contributed by atoms with E-state index in [0.29, 0.717) is 0 Å². The van der Waals surface area contributed by atoms with E-state index in [1.54, 1.807) is 16.7 Å². The Labute approximate surface area is 115 Å². The lowest BCUT2D eigenvalue weighted by molar-refractivity contribution is 0.617. The van der Waals surface area contributed by atoms with Gasteiger partial charge in [0, 0.05) is 0 Å². The summed E-state index contributed by atoms with van der Waals surface area (Å²) in [6.45, 7) is 0. The molecule has 0 bridgehead atoms. The molecule has 0 radical (unpaired) electrons. The largest absolute Gasteiger partial charge is 0.0619 e. The van der Waals surface area contributed by atoms with Crippen molar-refractivity contribution < 1.29 is 0 Å². The molecule has 0 aromatic heterocycles. The fraction of sp³-hybridized carbons (Fsp3) is 0.368. The van der Waals surface area contributed by atoms with Crippen LogP contribution in [0.15, 0.2) is 36.4 Å². The molecule has 0 spiro atoms. The lowest BCUT2D eigenvalue weighted by Crippen LogP contribution is -2.01. The number of rotatable bonds is 0. The SMILES string of the molecule is c1ccc2c(c1)Cc1cc3c(cc1-2)CCCCCC3. The maximum absolute atomic E-state index is 2.51. The van der Waals surface area contributed by atoms with Crippen molar-refractivity contribution in [3.8, 4) is 11.1 Å². The normalized spacial score (nSPS) is 17.1. The van der Waals surface area contributed by atoms with E-state index in [9.17, 15) is 0 Å². The van der Waals surface area contributed by atoms with E-state index >= 15 is 0 Å². The molecule has 96 valence electrons. The molecule has 0 unspecified atom stereocenters. The molecule has 0 fully saturated rings. The Morgan fingerprint density at radius 2 is 1.32 bits per heavy atom. The van der Waals surface area contributed by atoms with Gasteiger partial charge in [-0.05, 0) is 65.5 Å². The second kappa shape index (κ2) is 4.52. The molecule has 0 aliphatic heterocycles. The van der Waals surface area contributed by atoms with Gasteiger partial charge < -0.3 is 0 Å². The minimum Gasteiger partial charge on any atom is -0.0619 e. The van der Waals surface area contributed by atoms with E-state index in [2.05, 4.69) is 36.4 Å². The van der Waals surface area contributed by atoms with Gasteiger partial charge in [0.05, 0.1) is 0 Å². The van der Waals surface area contributed by atoms with Crippen LogP contribution in [0.25, 0.3) is 11.1 Å². The first-order chi connectivity index (χ1) is 9.42. The molecule has 19 heavy (non-hydrogen) atoms. The van der Waals surface area contributed by atoms with Crippen LogP contribution in [-0.2, 0) is 19.3 Å². The van der Waals surface area contributed by atoms with Gasteiger partial charge in [-0.2, -0.15) is 0 Å². The Morgan fingerprint density at radius 3 is 2.16 bits per heavy atom. The van der Waals surface area contributed by atoms with E-state index in [4.69, 9.17) is 0 Å². The van der Waals surface area contributed by atoms with E-state index in [0.717, 1.165) is 6.42 Å². The summed E-state index contributed by atoms with van der Waals surface area (Å²) >= 11 is 0. The summed E-state index contributed by atoms with van der Waals surface area (Å²) < 4.78 is 0. The standard InChI is InChI=1S/C19H20/c1-2-4-8-15-13-19-17(11-14(15)7-3-1)12-16-9-5-6-10-18(16)19/h5-6,9-11,13H,1-4,7-8,12H2. The summed E-state index contributed by atoms with van der Waals surface area (Å²) in [6.07, 6.45) is 9.28. The fourth-order valence-electron chi connectivity index (χ4n) is 3.73. The van der Waals surface area contributed by atoms with Crippen LogP contribution in [0, 0.1) is 0 Å². The zero-order chi connectivity index (χ0) is 12.7. The number of fused-ring (bicyclic) bond motifs is 4. The lowest BCUT2D eigenvalue weighted by atomic mass is 9.90. The summed E-state index contributed by atoms with van der Waals surface area (Å²) in [5.41, 5.74) is 9.30. The van der Waals surface area contributed by atoms with E-state index < -0.39 is 0 Å². The highest BCUT2D eigenvalue weighted by Crippen LogP contribution is 2.39. The third-order valence-electron chi connectivity index (χ3n) is 4.76. The van der Waals surface area contributed by atoms with Crippen molar-refractivity contribution in [3.05, 3.63) is 58.7 Å². The second-order valence-corrected chi connectivity index (χ2v) is 6.03. The Balaban J connectivity index is 1.84. The van der Waals surface area contributed by atoms with Crippen LogP contribution in [0.3, 0.4) is 0 Å². The maximum atomic E-state index is 2.51. The van der Waals surface area contributed by atoms with Gasteiger partial charge in [0.25, 0.3) is 0 Å². The molecule has 2 aliphatic carbocycles. The highest BCUT2D eigenvalue weighted by Gasteiger charge is 2.20. The molecule has 0 amide bonds. The van der Waals surface area contributed by atoms with Crippen molar-refractivity contribution in [2.24, 2.45) is 0 Å². The molecule has 0 N–H and O–H groups in total. The van der Waals surface area contributed by atoms with Crippen molar-refractivity contribution in [2.75, 3.05) is 0 Å². The van der Waals surface area contributed by atoms with Gasteiger partial charge in [0.15, 0.2) is 0 Å². The minimum absolute atomic E-state index is 1.14. The first-order valence-corrected chi connectivity index (χ1v) is 7.65. The van der Waals surface area contributed by atoms with Crippen LogP contribution in [0.5, 0.6) is 0 Å². The van der Waals surface area contributed by atoms with Gasteiger partial charge in [0.1, 0.15) is 0 Å². The zero-order valence-corrected chi connectivity index (χ0v) is 11.4. The highest BCUT2D eigenvalue weighted by atomic mass is 14.2. The summed E-state index contributed by atoms with van der Waals surface area (Å²) in [5.74, 6) is 0. The van der Waals surface area contributed by atoms with E-state index in [1.807, 2.05) is 0 Å². The van der Waals surface area contributed by atoms with Crippen molar-refractivity contribution in [2.45, 2.75) is 44.9 Å². The molecule has 0 atom stereocenters. The predicted octanol–water partition coefficient (Wildman–Crippen LogP) is 4.92.